The number of aromatic hydroxyl groups is 1. The summed E-state index contributed by atoms with van der Waals surface area (Å²) in [6.45, 7) is 1.51. The number of rotatable bonds is 1. The number of H-pyrrole nitrogens is 1. The molecule has 1 saturated heterocycles. The molecule has 3 N–H and O–H groups in total. The number of likely N-dealkylation sites (tertiary alicyclic amines) is 1. The maximum absolute atomic E-state index is 12.0. The van der Waals surface area contributed by atoms with Gasteiger partial charge in [0, 0.05) is 41.4 Å². The maximum atomic E-state index is 12.0. The average molecular weight is 383 g/mol. The summed E-state index contributed by atoms with van der Waals surface area (Å²) in [5.74, 6) is 0.244. The fourth-order valence-corrected chi connectivity index (χ4v) is 5.64. The maximum Gasteiger partial charge on any atom is 0.115 e. The first-order chi connectivity index (χ1) is 12.9. The van der Waals surface area contributed by atoms with E-state index in [2.05, 4.69) is 16.9 Å². The highest BCUT2D eigenvalue weighted by atomic mass is 35.5. The van der Waals surface area contributed by atoms with Crippen molar-refractivity contribution in [1.82, 2.24) is 9.88 Å². The van der Waals surface area contributed by atoms with Gasteiger partial charge in [0.05, 0.1) is 10.6 Å². The lowest BCUT2D eigenvalue weighted by Crippen LogP contribution is -2.65. The normalized spacial score (nSPS) is 28.1. The number of nitrogens with one attached hydrogen (secondary N) is 1. The zero-order valence-corrected chi connectivity index (χ0v) is 16.1. The average Bonchev–Trinajstić information content (AvgIpc) is 2.97. The van der Waals surface area contributed by atoms with E-state index in [4.69, 9.17) is 11.6 Å². The van der Waals surface area contributed by atoms with Crippen molar-refractivity contribution in [2.24, 2.45) is 0 Å². The van der Waals surface area contributed by atoms with Crippen LogP contribution < -0.4 is 0 Å². The zero-order chi connectivity index (χ0) is 18.8. The SMILES string of the molecule is CN1CCC2(c3cccc(O)c3)Cc3[nH]c4cccc(Cl)c4c3CC2(O)C1. The van der Waals surface area contributed by atoms with E-state index in [1.807, 2.05) is 36.4 Å². The van der Waals surface area contributed by atoms with Crippen LogP contribution in [0.5, 0.6) is 5.75 Å². The van der Waals surface area contributed by atoms with E-state index in [9.17, 15) is 10.2 Å². The van der Waals surface area contributed by atoms with E-state index in [0.717, 1.165) is 45.7 Å². The van der Waals surface area contributed by atoms with Crippen LogP contribution in [0.15, 0.2) is 42.5 Å². The summed E-state index contributed by atoms with van der Waals surface area (Å²) < 4.78 is 0. The lowest BCUT2D eigenvalue weighted by molar-refractivity contribution is -0.0972. The number of likely N-dealkylation sites (N-methyl/N-ethyl adjacent to an activating group) is 1. The van der Waals surface area contributed by atoms with Gasteiger partial charge in [-0.25, -0.2) is 0 Å². The molecular weight excluding hydrogens is 360 g/mol. The fraction of sp³-hybridized carbons (Fsp3) is 0.364. The van der Waals surface area contributed by atoms with Gasteiger partial charge < -0.3 is 20.1 Å². The second-order valence-corrected chi connectivity index (χ2v) is 8.66. The number of fused-ring (bicyclic) bond motifs is 4. The van der Waals surface area contributed by atoms with Gasteiger partial charge in [-0.15, -0.1) is 0 Å². The predicted octanol–water partition coefficient (Wildman–Crippen LogP) is 3.63. The van der Waals surface area contributed by atoms with E-state index >= 15 is 0 Å². The molecule has 4 nitrogen and oxygen atoms in total. The Bertz CT molecular complexity index is 1050. The van der Waals surface area contributed by atoms with Gasteiger partial charge in [-0.05, 0) is 55.4 Å². The number of hydrogen-bond acceptors (Lipinski definition) is 3. The van der Waals surface area contributed by atoms with Crippen molar-refractivity contribution in [2.45, 2.75) is 30.3 Å². The summed E-state index contributed by atoms with van der Waals surface area (Å²) in [6.07, 6.45) is 2.10. The van der Waals surface area contributed by atoms with Crippen LogP contribution in [-0.2, 0) is 18.3 Å². The largest absolute Gasteiger partial charge is 0.508 e. The Balaban J connectivity index is 1.75. The van der Waals surface area contributed by atoms with Crippen molar-refractivity contribution in [3.05, 3.63) is 64.3 Å². The Labute approximate surface area is 163 Å². The molecule has 0 radical (unpaired) electrons. The molecule has 0 amide bonds. The summed E-state index contributed by atoms with van der Waals surface area (Å²) in [5.41, 5.74) is 2.95. The van der Waals surface area contributed by atoms with E-state index < -0.39 is 11.0 Å². The van der Waals surface area contributed by atoms with Crippen LogP contribution in [0.1, 0.15) is 23.2 Å². The Morgan fingerprint density at radius 3 is 2.78 bits per heavy atom. The van der Waals surface area contributed by atoms with Gasteiger partial charge in [-0.2, -0.15) is 0 Å². The first-order valence-electron chi connectivity index (χ1n) is 9.40. The van der Waals surface area contributed by atoms with Gasteiger partial charge in [0.25, 0.3) is 0 Å². The molecule has 5 heteroatoms. The van der Waals surface area contributed by atoms with Crippen molar-refractivity contribution in [3.63, 3.8) is 0 Å². The quantitative estimate of drug-likeness (QED) is 0.602. The molecule has 27 heavy (non-hydrogen) atoms. The highest BCUT2D eigenvalue weighted by molar-refractivity contribution is 6.35. The molecule has 3 aromatic rings. The van der Waals surface area contributed by atoms with Crippen LogP contribution in [0.4, 0.5) is 0 Å². The number of aromatic amines is 1. The molecule has 2 heterocycles. The molecular formula is C22H23ClN2O2. The van der Waals surface area contributed by atoms with Gasteiger partial charge >= 0.3 is 0 Å². The number of aliphatic hydroxyl groups is 1. The number of halogens is 1. The molecule has 2 aromatic carbocycles. The van der Waals surface area contributed by atoms with Crippen LogP contribution in [0.2, 0.25) is 5.02 Å². The highest BCUT2D eigenvalue weighted by Crippen LogP contribution is 2.52. The van der Waals surface area contributed by atoms with E-state index in [1.165, 1.54) is 0 Å². The summed E-state index contributed by atoms with van der Waals surface area (Å²) >= 11 is 6.51. The molecule has 2 atom stereocenters. The molecule has 1 aliphatic carbocycles. The van der Waals surface area contributed by atoms with Crippen molar-refractivity contribution in [3.8, 4) is 5.75 Å². The van der Waals surface area contributed by atoms with Gasteiger partial charge in [-0.1, -0.05) is 29.8 Å². The molecule has 1 aliphatic heterocycles. The summed E-state index contributed by atoms with van der Waals surface area (Å²) in [4.78, 5) is 5.75. The standard InChI is InChI=1S/C22H23ClN2O2/c1-25-9-8-21(14-4-2-5-15(26)10-14)12-19-16(11-22(21,27)13-25)20-17(23)6-3-7-18(20)24-19/h2-7,10,24,26-27H,8-9,11-13H2,1H3. The fourth-order valence-electron chi connectivity index (χ4n) is 5.35. The Morgan fingerprint density at radius 1 is 1.15 bits per heavy atom. The van der Waals surface area contributed by atoms with E-state index in [0.29, 0.717) is 19.4 Å². The van der Waals surface area contributed by atoms with Crippen LogP contribution in [-0.4, -0.2) is 45.8 Å². The first kappa shape index (κ1) is 17.1. The van der Waals surface area contributed by atoms with Gasteiger partial charge in [0.15, 0.2) is 0 Å². The monoisotopic (exact) mass is 382 g/mol. The Hall–Kier alpha value is -2.01. The smallest absolute Gasteiger partial charge is 0.115 e. The van der Waals surface area contributed by atoms with Crippen LogP contribution in [0, 0.1) is 0 Å². The molecule has 1 fully saturated rings. The number of piperidine rings is 1. The number of aromatic nitrogens is 1. The molecule has 0 saturated carbocycles. The second kappa shape index (κ2) is 5.74. The number of phenolic OH excluding ortho intramolecular Hbond substituents is 1. The van der Waals surface area contributed by atoms with Crippen LogP contribution >= 0.6 is 11.6 Å². The molecule has 2 unspecified atom stereocenters. The Kier molecular flexibility index (Phi) is 3.64. The Morgan fingerprint density at radius 2 is 1.96 bits per heavy atom. The summed E-state index contributed by atoms with van der Waals surface area (Å²) in [7, 11) is 2.06. The lowest BCUT2D eigenvalue weighted by Gasteiger charge is -2.55. The number of hydrogen-bond donors (Lipinski definition) is 3. The molecule has 0 spiro atoms. The zero-order valence-electron chi connectivity index (χ0n) is 15.3. The molecule has 140 valence electrons. The minimum atomic E-state index is -0.922. The van der Waals surface area contributed by atoms with Crippen molar-refractivity contribution < 1.29 is 10.2 Å². The van der Waals surface area contributed by atoms with Crippen LogP contribution in [0.3, 0.4) is 0 Å². The van der Waals surface area contributed by atoms with Crippen molar-refractivity contribution in [2.75, 3.05) is 20.1 Å². The second-order valence-electron chi connectivity index (χ2n) is 8.25. The third kappa shape index (κ3) is 2.37. The predicted molar refractivity (Wildman–Crippen MR) is 108 cm³/mol. The van der Waals surface area contributed by atoms with Crippen molar-refractivity contribution >= 4 is 22.5 Å². The molecule has 2 aliphatic rings. The number of benzene rings is 2. The van der Waals surface area contributed by atoms with Crippen LogP contribution in [0.25, 0.3) is 10.9 Å². The summed E-state index contributed by atoms with van der Waals surface area (Å²) in [5, 5.41) is 23.8. The number of nitrogens with zero attached hydrogens (tertiary/aromatic N) is 1. The first-order valence-corrected chi connectivity index (χ1v) is 9.78. The van der Waals surface area contributed by atoms with Gasteiger partial charge in [0.2, 0.25) is 0 Å². The van der Waals surface area contributed by atoms with E-state index in [-0.39, 0.29) is 5.75 Å². The minimum absolute atomic E-state index is 0.244. The molecule has 0 bridgehead atoms. The van der Waals surface area contributed by atoms with Crippen molar-refractivity contribution in [1.29, 1.82) is 0 Å². The van der Waals surface area contributed by atoms with E-state index in [1.54, 1.807) is 6.07 Å². The topological polar surface area (TPSA) is 59.5 Å². The molecule has 5 rings (SSSR count). The third-order valence-electron chi connectivity index (χ3n) is 6.65. The summed E-state index contributed by atoms with van der Waals surface area (Å²) in [6, 6.07) is 13.3. The third-order valence-corrected chi connectivity index (χ3v) is 6.97. The number of phenols is 1. The van der Waals surface area contributed by atoms with Gasteiger partial charge in [0.1, 0.15) is 5.75 Å². The minimum Gasteiger partial charge on any atom is -0.508 e. The van der Waals surface area contributed by atoms with Gasteiger partial charge in [-0.3, -0.25) is 0 Å². The molecule has 1 aromatic heterocycles. The lowest BCUT2D eigenvalue weighted by atomic mass is 9.56. The number of β-amino-alcohol motifs (C(OH)–C–C–N with tert-alkyl or cyclic N) is 1. The highest BCUT2D eigenvalue weighted by Gasteiger charge is 2.57.